The normalized spacial score (nSPS) is 9.92. The minimum atomic E-state index is 0.708. The Hall–Kier alpha value is 0.450. The predicted molar refractivity (Wildman–Crippen MR) is 64.0 cm³/mol. The van der Waals surface area contributed by atoms with Gasteiger partial charge in [-0.05, 0) is 56.9 Å². The van der Waals surface area contributed by atoms with Gasteiger partial charge in [0.05, 0.1) is 0 Å². The van der Waals surface area contributed by atoms with Crippen LogP contribution in [0.4, 0.5) is 0 Å². The molecule has 0 N–H and O–H groups in total. The second kappa shape index (κ2) is 4.62. The summed E-state index contributed by atoms with van der Waals surface area (Å²) in [7, 11) is 0. The number of carbonyl (C=O) groups is 1. The van der Waals surface area contributed by atoms with E-state index in [-0.39, 0.29) is 0 Å². The molecule has 12 heavy (non-hydrogen) atoms. The first-order chi connectivity index (χ1) is 5.70. The Bertz CT molecular complexity index is 314. The Labute approximate surface area is 97.6 Å². The van der Waals surface area contributed by atoms with Gasteiger partial charge in [-0.25, -0.2) is 0 Å². The first kappa shape index (κ1) is 10.5. The van der Waals surface area contributed by atoms with E-state index in [1.165, 1.54) is 0 Å². The van der Waals surface area contributed by atoms with Crippen molar-refractivity contribution in [3.63, 3.8) is 0 Å². The van der Waals surface area contributed by atoms with E-state index < -0.39 is 0 Å². The van der Waals surface area contributed by atoms with Crippen LogP contribution >= 0.6 is 50.3 Å². The topological polar surface area (TPSA) is 17.1 Å². The molecular formula is C8H6BrIOS. The quantitative estimate of drug-likeness (QED) is 0.457. The Balaban J connectivity index is 3.33. The lowest BCUT2D eigenvalue weighted by atomic mass is 10.2. The number of benzene rings is 1. The number of hydrogen-bond donors (Lipinski definition) is 0. The lowest BCUT2D eigenvalue weighted by molar-refractivity contribution is 0.112. The zero-order valence-corrected chi connectivity index (χ0v) is 10.9. The van der Waals surface area contributed by atoms with E-state index in [1.807, 2.05) is 18.4 Å². The average Bonchev–Trinajstić information content (AvgIpc) is 2.06. The molecule has 1 nitrogen and oxygen atoms in total. The number of rotatable bonds is 2. The standard InChI is InChI=1S/C8H6BrIOS/c1-12-8-6(10)3-2-5(4-11)7(8)9/h2-4H,1H3. The maximum absolute atomic E-state index is 10.6. The van der Waals surface area contributed by atoms with Crippen molar-refractivity contribution in [2.45, 2.75) is 4.90 Å². The number of aldehydes is 1. The molecule has 0 aliphatic carbocycles. The highest BCUT2D eigenvalue weighted by atomic mass is 127. The van der Waals surface area contributed by atoms with Crippen LogP contribution in [-0.4, -0.2) is 12.5 Å². The molecule has 64 valence electrons. The third-order valence-electron chi connectivity index (χ3n) is 1.41. The van der Waals surface area contributed by atoms with Gasteiger partial charge in [-0.2, -0.15) is 0 Å². The van der Waals surface area contributed by atoms with Crippen LogP contribution in [0.3, 0.4) is 0 Å². The molecule has 0 aliphatic rings. The van der Waals surface area contributed by atoms with E-state index in [0.29, 0.717) is 5.56 Å². The van der Waals surface area contributed by atoms with Crippen LogP contribution in [0.25, 0.3) is 0 Å². The number of hydrogen-bond acceptors (Lipinski definition) is 2. The van der Waals surface area contributed by atoms with Gasteiger partial charge in [0, 0.05) is 18.5 Å². The van der Waals surface area contributed by atoms with E-state index in [1.54, 1.807) is 11.8 Å². The summed E-state index contributed by atoms with van der Waals surface area (Å²) in [6.45, 7) is 0. The van der Waals surface area contributed by atoms with Crippen molar-refractivity contribution in [3.8, 4) is 0 Å². The van der Waals surface area contributed by atoms with Gasteiger partial charge in [-0.15, -0.1) is 11.8 Å². The van der Waals surface area contributed by atoms with E-state index in [9.17, 15) is 4.79 Å². The van der Waals surface area contributed by atoms with E-state index in [2.05, 4.69) is 38.5 Å². The summed E-state index contributed by atoms with van der Waals surface area (Å²) in [5.74, 6) is 0. The Kier molecular flexibility index (Phi) is 4.05. The van der Waals surface area contributed by atoms with Gasteiger partial charge in [0.15, 0.2) is 6.29 Å². The largest absolute Gasteiger partial charge is 0.298 e. The Morgan fingerprint density at radius 3 is 2.75 bits per heavy atom. The number of halogens is 2. The van der Waals surface area contributed by atoms with Gasteiger partial charge < -0.3 is 0 Å². The van der Waals surface area contributed by atoms with E-state index >= 15 is 0 Å². The average molecular weight is 357 g/mol. The van der Waals surface area contributed by atoms with Crippen molar-refractivity contribution < 1.29 is 4.79 Å². The first-order valence-electron chi connectivity index (χ1n) is 3.18. The summed E-state index contributed by atoms with van der Waals surface area (Å²) < 4.78 is 2.06. The van der Waals surface area contributed by atoms with Gasteiger partial charge >= 0.3 is 0 Å². The van der Waals surface area contributed by atoms with Gasteiger partial charge in [0.2, 0.25) is 0 Å². The number of carbonyl (C=O) groups excluding carboxylic acids is 1. The molecule has 0 fully saturated rings. The molecule has 4 heteroatoms. The van der Waals surface area contributed by atoms with Gasteiger partial charge in [0.25, 0.3) is 0 Å². The van der Waals surface area contributed by atoms with Gasteiger partial charge in [-0.3, -0.25) is 4.79 Å². The van der Waals surface area contributed by atoms with Crippen LogP contribution in [0.15, 0.2) is 21.5 Å². The molecule has 0 amide bonds. The Morgan fingerprint density at radius 1 is 1.58 bits per heavy atom. The van der Waals surface area contributed by atoms with Gasteiger partial charge in [0.1, 0.15) is 0 Å². The molecule has 0 unspecified atom stereocenters. The van der Waals surface area contributed by atoms with E-state index in [0.717, 1.165) is 19.2 Å². The van der Waals surface area contributed by atoms with Crippen molar-refractivity contribution >= 4 is 56.6 Å². The van der Waals surface area contributed by atoms with E-state index in [4.69, 9.17) is 0 Å². The number of thioether (sulfide) groups is 1. The summed E-state index contributed by atoms with van der Waals surface area (Å²) in [5, 5.41) is 0. The minimum Gasteiger partial charge on any atom is -0.298 e. The molecule has 0 heterocycles. The molecule has 1 aromatic rings. The lowest BCUT2D eigenvalue weighted by Crippen LogP contribution is -1.87. The second-order valence-electron chi connectivity index (χ2n) is 2.10. The molecule has 0 bridgehead atoms. The molecule has 0 aromatic heterocycles. The smallest absolute Gasteiger partial charge is 0.151 e. The van der Waals surface area contributed by atoms with Crippen LogP contribution in [-0.2, 0) is 0 Å². The minimum absolute atomic E-state index is 0.708. The molecule has 0 spiro atoms. The van der Waals surface area contributed by atoms with Crippen molar-refractivity contribution in [1.82, 2.24) is 0 Å². The third-order valence-corrected chi connectivity index (χ3v) is 4.62. The molecular weight excluding hydrogens is 351 g/mol. The maximum Gasteiger partial charge on any atom is 0.151 e. The van der Waals surface area contributed by atoms with Crippen LogP contribution < -0.4 is 0 Å². The summed E-state index contributed by atoms with van der Waals surface area (Å²) in [4.78, 5) is 11.7. The monoisotopic (exact) mass is 356 g/mol. The molecule has 1 aromatic carbocycles. The predicted octanol–water partition coefficient (Wildman–Crippen LogP) is 3.59. The molecule has 0 radical (unpaired) electrons. The third kappa shape index (κ3) is 2.03. The highest BCUT2D eigenvalue weighted by Crippen LogP contribution is 2.32. The summed E-state index contributed by atoms with van der Waals surface area (Å²) >= 11 is 7.29. The fraction of sp³-hybridized carbons (Fsp3) is 0.125. The fourth-order valence-electron chi connectivity index (χ4n) is 0.826. The van der Waals surface area contributed by atoms with Crippen LogP contribution in [0.5, 0.6) is 0 Å². The summed E-state index contributed by atoms with van der Waals surface area (Å²) in [6, 6.07) is 3.76. The summed E-state index contributed by atoms with van der Waals surface area (Å²) in [5.41, 5.74) is 0.708. The molecule has 0 saturated heterocycles. The Morgan fingerprint density at radius 2 is 2.25 bits per heavy atom. The molecule has 0 atom stereocenters. The van der Waals surface area contributed by atoms with Crippen LogP contribution in [0, 0.1) is 3.57 Å². The molecule has 1 rings (SSSR count). The molecule has 0 aliphatic heterocycles. The summed E-state index contributed by atoms with van der Waals surface area (Å²) in [6.07, 6.45) is 2.86. The van der Waals surface area contributed by atoms with Crippen LogP contribution in [0.1, 0.15) is 10.4 Å². The van der Waals surface area contributed by atoms with Crippen molar-refractivity contribution in [2.24, 2.45) is 0 Å². The zero-order valence-electron chi connectivity index (χ0n) is 6.30. The van der Waals surface area contributed by atoms with Gasteiger partial charge in [-0.1, -0.05) is 0 Å². The fourth-order valence-corrected chi connectivity index (χ4v) is 3.79. The second-order valence-corrected chi connectivity index (χ2v) is 4.87. The molecule has 0 saturated carbocycles. The SMILES string of the molecule is CSc1c(I)ccc(C=O)c1Br. The maximum atomic E-state index is 10.6. The van der Waals surface area contributed by atoms with Crippen molar-refractivity contribution in [1.29, 1.82) is 0 Å². The first-order valence-corrected chi connectivity index (χ1v) is 6.27. The van der Waals surface area contributed by atoms with Crippen molar-refractivity contribution in [3.05, 3.63) is 25.7 Å². The zero-order chi connectivity index (χ0) is 9.14. The van der Waals surface area contributed by atoms with Crippen LogP contribution in [0.2, 0.25) is 0 Å². The highest BCUT2D eigenvalue weighted by Gasteiger charge is 2.07. The highest BCUT2D eigenvalue weighted by molar-refractivity contribution is 14.1. The van der Waals surface area contributed by atoms with Crippen molar-refractivity contribution in [2.75, 3.05) is 6.26 Å². The lowest BCUT2D eigenvalue weighted by Gasteiger charge is -2.05.